The van der Waals surface area contributed by atoms with Crippen molar-refractivity contribution in [3.63, 3.8) is 0 Å². The molecule has 11 nitrogen and oxygen atoms in total. The number of ketones is 2. The van der Waals surface area contributed by atoms with Crippen LogP contribution >= 0.6 is 45.3 Å². The van der Waals surface area contributed by atoms with Crippen LogP contribution in [0.5, 0.6) is 0 Å². The first-order valence-electron chi connectivity index (χ1n) is 44.0. The number of carbonyl (C=O) groups is 3. The lowest BCUT2D eigenvalue weighted by Crippen LogP contribution is -2.33. The third-order valence-electron chi connectivity index (χ3n) is 25.3. The number of nitrogens with zero attached hydrogens (tertiary/aromatic N) is 8. The number of hydrogen-bond donors (Lipinski definition) is 0. The first-order valence-corrected chi connectivity index (χ1v) is 47.2. The number of allylic oxidation sites excluding steroid dienone is 6. The van der Waals surface area contributed by atoms with Crippen molar-refractivity contribution >= 4 is 131 Å². The summed E-state index contributed by atoms with van der Waals surface area (Å²) in [6, 6.07) is 18.4. The van der Waals surface area contributed by atoms with Gasteiger partial charge in [-0.05, 0) is 128 Å². The molecule has 4 atom stereocenters. The second-order valence-corrected chi connectivity index (χ2v) is 37.4. The van der Waals surface area contributed by atoms with Crippen LogP contribution in [0, 0.1) is 80.4 Å². The van der Waals surface area contributed by atoms with Crippen molar-refractivity contribution in [2.45, 2.75) is 298 Å². The predicted molar refractivity (Wildman–Crippen MR) is 473 cm³/mol. The number of aryl methyl sites for hydroxylation is 2. The van der Waals surface area contributed by atoms with Gasteiger partial charge in [-0.2, -0.15) is 21.0 Å². The fourth-order valence-electron chi connectivity index (χ4n) is 19.3. The van der Waals surface area contributed by atoms with E-state index in [1.54, 1.807) is 57.5 Å². The van der Waals surface area contributed by atoms with Crippen LogP contribution < -0.4 is 0 Å². The van der Waals surface area contributed by atoms with Crippen molar-refractivity contribution in [1.82, 2.24) is 14.0 Å². The molecule has 6 aromatic heterocycles. The van der Waals surface area contributed by atoms with Crippen molar-refractivity contribution in [3.05, 3.63) is 159 Å². The van der Waals surface area contributed by atoms with Crippen LogP contribution in [0.2, 0.25) is 0 Å². The molecule has 0 saturated heterocycles. The number of rotatable bonds is 42. The molecular formula is C98H108F4N8O3S4. The smallest absolute Gasteiger partial charge is 0.260 e. The summed E-state index contributed by atoms with van der Waals surface area (Å²) in [4.78, 5) is 55.8. The molecule has 3 aromatic carbocycles. The summed E-state index contributed by atoms with van der Waals surface area (Å²) in [6.45, 7) is 14.8. The number of amidine groups is 1. The molecule has 0 saturated carbocycles. The van der Waals surface area contributed by atoms with Crippen LogP contribution in [0.15, 0.2) is 75.8 Å². The molecule has 0 spiro atoms. The normalized spacial score (nSPS) is 16.4. The number of thiophene rings is 4. The van der Waals surface area contributed by atoms with Crippen LogP contribution in [0.1, 0.15) is 352 Å². The third-order valence-corrected chi connectivity index (χ3v) is 30.5. The standard InChI is InChI=1S/C98H108F4N8O3S4/c1-7-13-19-23-25-27-29-31-35-45-65-77(51-71-79(61(53-103)54-104)67-47-73(99)75(101)49-69(67)89(71)111)114-95-87-93(116-91(65)95)81-83-84(110-97(107-83)63-43-37-38-44-64(63)98(110)113)82-86(85(81)108(87)57-59(39-17-11-5)41-33-21-15-9-3)109(58-60(40-18-12-6)42-34-22-16-10-4)88-94(82)117-92-66(46-36-32-30-28-26-24-20-14-8-2)78(115-96(88)92)52-72-80(62(55-105)56-106)68-48-74(100)76(102)50-70(68)90(72)112/h37-38,43-44,47-52,59-60,83-84H,7-36,39-42,45-46,57-58H2,1-6H3/b71-51-,72-52-. The molecule has 0 bridgehead atoms. The van der Waals surface area contributed by atoms with E-state index in [1.165, 1.54) is 64.2 Å². The molecule has 19 heteroatoms. The molecular weight excluding hydrogens is 1540 g/mol. The molecule has 610 valence electrons. The highest BCUT2D eigenvalue weighted by molar-refractivity contribution is 7.34. The van der Waals surface area contributed by atoms with Gasteiger partial charge in [-0.3, -0.25) is 24.3 Å². The lowest BCUT2D eigenvalue weighted by molar-refractivity contribution is 0.0817. The maximum atomic E-state index is 16.0. The van der Waals surface area contributed by atoms with Gasteiger partial charge in [0.1, 0.15) is 47.3 Å². The quantitative estimate of drug-likeness (QED) is 0.0158. The fraction of sp³-hybridized carbons (Fsp3) is 0.490. The van der Waals surface area contributed by atoms with Crippen molar-refractivity contribution < 1.29 is 31.9 Å². The molecule has 0 fully saturated rings. The fourth-order valence-corrected chi connectivity index (χ4v) is 25.3. The van der Waals surface area contributed by atoms with Crippen LogP contribution in [-0.2, 0) is 25.9 Å². The Bertz CT molecular complexity index is 5620. The zero-order valence-electron chi connectivity index (χ0n) is 68.9. The average Bonchev–Trinajstić information content (AvgIpc) is 1.49. The average molecular weight is 1650 g/mol. The van der Waals surface area contributed by atoms with Gasteiger partial charge in [0.25, 0.3) is 5.91 Å². The highest BCUT2D eigenvalue weighted by Gasteiger charge is 2.55. The van der Waals surface area contributed by atoms with Gasteiger partial charge in [0.2, 0.25) is 0 Å². The summed E-state index contributed by atoms with van der Waals surface area (Å²) in [5, 5.41) is 42.6. The number of aromatic nitrogens is 2. The molecule has 8 heterocycles. The molecule has 9 aromatic rings. The van der Waals surface area contributed by atoms with E-state index in [0.29, 0.717) is 37.3 Å². The number of benzene rings is 3. The van der Waals surface area contributed by atoms with Crippen LogP contribution in [0.3, 0.4) is 0 Å². The summed E-state index contributed by atoms with van der Waals surface area (Å²) in [7, 11) is 0. The van der Waals surface area contributed by atoms with E-state index in [-0.39, 0.29) is 73.4 Å². The number of nitriles is 4. The monoisotopic (exact) mass is 1650 g/mol. The molecule has 5 aliphatic rings. The Hall–Kier alpha value is -8.82. The van der Waals surface area contributed by atoms with E-state index < -0.39 is 46.9 Å². The van der Waals surface area contributed by atoms with Crippen molar-refractivity contribution in [2.24, 2.45) is 16.8 Å². The Morgan fingerprint density at radius 3 is 1.20 bits per heavy atom. The first kappa shape index (κ1) is 84.6. The van der Waals surface area contributed by atoms with Gasteiger partial charge < -0.3 is 9.13 Å². The summed E-state index contributed by atoms with van der Waals surface area (Å²) in [6.07, 6.45) is 41.8. The largest absolute Gasteiger partial charge is 0.337 e. The minimum absolute atomic E-state index is 0.00617. The highest BCUT2D eigenvalue weighted by atomic mass is 32.1. The molecule has 14 rings (SSSR count). The van der Waals surface area contributed by atoms with E-state index in [9.17, 15) is 21.0 Å². The number of halogens is 4. The summed E-state index contributed by atoms with van der Waals surface area (Å²) in [5.74, 6) is -4.93. The van der Waals surface area contributed by atoms with E-state index >= 15 is 31.9 Å². The van der Waals surface area contributed by atoms with Gasteiger partial charge in [-0.15, -0.1) is 45.3 Å². The Balaban J connectivity index is 1.07. The molecule has 0 radical (unpaired) electrons. The Morgan fingerprint density at radius 2 is 0.786 bits per heavy atom. The van der Waals surface area contributed by atoms with Crippen molar-refractivity contribution in [2.75, 3.05) is 0 Å². The molecule has 1 amide bonds. The van der Waals surface area contributed by atoms with E-state index in [2.05, 4.69) is 50.7 Å². The van der Waals surface area contributed by atoms with E-state index in [0.717, 1.165) is 267 Å². The number of Topliss-reactive ketones (excluding diaryl/α,β-unsaturated/α-hetero) is 2. The maximum Gasteiger partial charge on any atom is 0.260 e. The number of carbonyl (C=O) groups excluding carboxylic acids is 3. The SMILES string of the molecule is CCCCCCCCCCCc1c(/C=C2\C(=O)c3cc(F)c(F)cc3C2=C(C#N)C#N)sc2c1sc1c3c(n(CC(CCCC)CCCCCC)c12)-c1c(c2sc4c(CCCCCCCCCCC)c(/C=C5\C(=O)c6cc(F)c(F)cc6C5=C(C#N)C#N)sc4c2n1CC(CCCC)CCCCCC)C1C3N=C2c3ccccc3C(=O)N21. The molecule has 2 aliphatic heterocycles. The minimum atomic E-state index is -1.20. The van der Waals surface area contributed by atoms with Crippen LogP contribution in [0.25, 0.3) is 73.9 Å². The zero-order valence-corrected chi connectivity index (χ0v) is 72.2. The highest BCUT2D eigenvalue weighted by Crippen LogP contribution is 2.64. The lowest BCUT2D eigenvalue weighted by Gasteiger charge is -2.33. The maximum absolute atomic E-state index is 16.0. The van der Waals surface area contributed by atoms with E-state index in [4.69, 9.17) is 4.99 Å². The zero-order chi connectivity index (χ0) is 82.1. The van der Waals surface area contributed by atoms with Gasteiger partial charge in [0, 0.05) is 73.0 Å². The third kappa shape index (κ3) is 16.5. The molecule has 4 unspecified atom stereocenters. The number of unbranched alkanes of at least 4 members (excludes halogenated alkanes) is 24. The Morgan fingerprint density at radius 1 is 0.427 bits per heavy atom. The second-order valence-electron chi connectivity index (χ2n) is 33.3. The number of amides is 1. The van der Waals surface area contributed by atoms with Gasteiger partial charge in [-0.25, -0.2) is 17.6 Å². The topological polar surface area (TPSA) is 172 Å². The molecule has 117 heavy (non-hydrogen) atoms. The van der Waals surface area contributed by atoms with Crippen molar-refractivity contribution in [3.8, 4) is 35.7 Å². The lowest BCUT2D eigenvalue weighted by atomic mass is 9.85. The molecule has 0 N–H and O–H groups in total. The Labute approximate surface area is 703 Å². The van der Waals surface area contributed by atoms with Gasteiger partial charge in [-0.1, -0.05) is 240 Å². The van der Waals surface area contributed by atoms with Crippen LogP contribution in [0.4, 0.5) is 17.6 Å². The number of fused-ring (bicyclic) bond motifs is 20. The van der Waals surface area contributed by atoms with Crippen molar-refractivity contribution in [1.29, 1.82) is 21.0 Å². The number of aliphatic imine (C=N–C) groups is 1. The number of hydrogen-bond acceptors (Lipinski definition) is 12. The summed E-state index contributed by atoms with van der Waals surface area (Å²) >= 11 is 6.69. The van der Waals surface area contributed by atoms with E-state index in [1.807, 2.05) is 53.4 Å². The van der Waals surface area contributed by atoms with Gasteiger partial charge in [0.15, 0.2) is 34.8 Å². The van der Waals surface area contributed by atoms with Gasteiger partial charge in [0.05, 0.1) is 62.2 Å². The van der Waals surface area contributed by atoms with Gasteiger partial charge >= 0.3 is 0 Å². The summed E-state index contributed by atoms with van der Waals surface area (Å²) in [5.41, 5.74) is 9.03. The summed E-state index contributed by atoms with van der Waals surface area (Å²) < 4.78 is 73.5. The Kier molecular flexibility index (Phi) is 27.8. The molecule has 3 aliphatic carbocycles. The minimum Gasteiger partial charge on any atom is -0.337 e. The predicted octanol–water partition coefficient (Wildman–Crippen LogP) is 29.2. The van der Waals surface area contributed by atoms with Crippen LogP contribution in [-0.4, -0.2) is 37.3 Å². The first-order chi connectivity index (χ1) is 57.1. The second kappa shape index (κ2) is 38.5.